The van der Waals surface area contributed by atoms with E-state index in [0.717, 1.165) is 19.5 Å². The number of alkyl halides is 2. The number of carbonyl (C=O) groups excluding carboxylic acids is 1. The highest BCUT2D eigenvalue weighted by atomic mass is 19.3. The van der Waals surface area contributed by atoms with Crippen molar-refractivity contribution in [2.24, 2.45) is 11.8 Å². The van der Waals surface area contributed by atoms with Gasteiger partial charge in [0.15, 0.2) is 0 Å². The summed E-state index contributed by atoms with van der Waals surface area (Å²) in [6.45, 7) is 0.0784. The summed E-state index contributed by atoms with van der Waals surface area (Å²) >= 11 is 0. The molecule has 0 aromatic heterocycles. The molecule has 2 N–H and O–H groups in total. The lowest BCUT2D eigenvalue weighted by molar-refractivity contribution is -0.123. The van der Waals surface area contributed by atoms with Gasteiger partial charge in [-0.15, -0.1) is 0 Å². The number of halogens is 2. The number of nitrogens with zero attached hydrogens (tertiary/aromatic N) is 3. The van der Waals surface area contributed by atoms with Gasteiger partial charge in [0.05, 0.1) is 5.56 Å². The number of fused-ring (bicyclic) bond motifs is 4. The van der Waals surface area contributed by atoms with Crippen LogP contribution in [-0.4, -0.2) is 103 Å². The number of carboxylic acid groups (broad SMARTS) is 2. The van der Waals surface area contributed by atoms with Crippen molar-refractivity contribution in [2.45, 2.75) is 44.4 Å². The minimum absolute atomic E-state index is 0.0348. The van der Waals surface area contributed by atoms with Crippen LogP contribution in [0.1, 0.15) is 36.0 Å². The Balaban J connectivity index is 0.000000655. The van der Waals surface area contributed by atoms with Gasteiger partial charge >= 0.3 is 6.61 Å². The molecule has 3 aliphatic heterocycles. The Hall–Kier alpha value is -2.79. The van der Waals surface area contributed by atoms with Crippen LogP contribution in [0.5, 0.6) is 5.75 Å². The number of likely N-dealkylation sites (tertiary alicyclic amines) is 1. The van der Waals surface area contributed by atoms with Gasteiger partial charge in [-0.3, -0.25) is 19.3 Å². The molecular weight excluding hydrogens is 464 g/mol. The lowest BCUT2D eigenvalue weighted by Crippen LogP contribution is -2.65. The maximum Gasteiger partial charge on any atom is 0.387 e. The van der Waals surface area contributed by atoms with Crippen LogP contribution in [0.15, 0.2) is 24.3 Å². The summed E-state index contributed by atoms with van der Waals surface area (Å²) in [6, 6.07) is 7.32. The SMILES string of the molecule is CN(C)C[C@H]1[C@H]2C[C@H](CN(C(=O)c3ccccc3OC(F)F)C2)[C@@H]2CCCCN21.O=CO.O=CO. The molecule has 0 unspecified atom stereocenters. The molecule has 9 nitrogen and oxygen atoms in total. The van der Waals surface area contributed by atoms with Gasteiger partial charge in [0.25, 0.3) is 18.9 Å². The number of benzene rings is 1. The molecule has 11 heteroatoms. The van der Waals surface area contributed by atoms with Crippen molar-refractivity contribution in [1.82, 2.24) is 14.7 Å². The first-order chi connectivity index (χ1) is 16.8. The molecule has 196 valence electrons. The van der Waals surface area contributed by atoms with E-state index in [2.05, 4.69) is 28.6 Å². The lowest BCUT2D eigenvalue weighted by atomic mass is 9.72. The van der Waals surface area contributed by atoms with Gasteiger partial charge < -0.3 is 24.7 Å². The summed E-state index contributed by atoms with van der Waals surface area (Å²) in [7, 11) is 4.21. The van der Waals surface area contributed by atoms with E-state index in [0.29, 0.717) is 37.0 Å². The molecule has 0 aliphatic carbocycles. The van der Waals surface area contributed by atoms with Crippen LogP contribution in [0.3, 0.4) is 0 Å². The first kappa shape index (κ1) is 28.4. The van der Waals surface area contributed by atoms with Crippen LogP contribution in [0.4, 0.5) is 8.78 Å². The van der Waals surface area contributed by atoms with Crippen LogP contribution in [-0.2, 0) is 9.59 Å². The van der Waals surface area contributed by atoms with E-state index in [1.54, 1.807) is 18.2 Å². The number of hydrogen-bond donors (Lipinski definition) is 2. The smallest absolute Gasteiger partial charge is 0.387 e. The summed E-state index contributed by atoms with van der Waals surface area (Å²) in [6.07, 6.45) is 4.84. The fraction of sp³-hybridized carbons (Fsp3) is 0.625. The zero-order valence-electron chi connectivity index (χ0n) is 20.1. The van der Waals surface area contributed by atoms with E-state index in [4.69, 9.17) is 19.8 Å². The van der Waals surface area contributed by atoms with E-state index in [1.807, 2.05) is 4.90 Å². The topological polar surface area (TPSA) is 111 Å². The highest BCUT2D eigenvalue weighted by molar-refractivity contribution is 5.97. The number of para-hydroxylation sites is 1. The first-order valence-corrected chi connectivity index (χ1v) is 11.7. The van der Waals surface area contributed by atoms with E-state index in [9.17, 15) is 13.6 Å². The molecule has 3 saturated heterocycles. The van der Waals surface area contributed by atoms with Crippen molar-refractivity contribution in [3.8, 4) is 5.75 Å². The molecule has 1 aromatic carbocycles. The fourth-order valence-corrected chi connectivity index (χ4v) is 5.71. The molecule has 1 aromatic rings. The van der Waals surface area contributed by atoms with Crippen LogP contribution >= 0.6 is 0 Å². The number of piperidine rings is 3. The van der Waals surface area contributed by atoms with E-state index >= 15 is 0 Å². The Labute approximate surface area is 204 Å². The summed E-state index contributed by atoms with van der Waals surface area (Å²) < 4.78 is 30.2. The average molecular weight is 500 g/mol. The number of likely N-dealkylation sites (N-methyl/N-ethyl adjacent to an activating group) is 1. The third kappa shape index (κ3) is 7.60. The first-order valence-electron chi connectivity index (χ1n) is 11.7. The lowest BCUT2D eigenvalue weighted by Gasteiger charge is -2.57. The molecule has 2 bridgehead atoms. The molecule has 4 rings (SSSR count). The van der Waals surface area contributed by atoms with E-state index < -0.39 is 6.61 Å². The summed E-state index contributed by atoms with van der Waals surface area (Å²) in [5, 5.41) is 13.8. The van der Waals surface area contributed by atoms with Gasteiger partial charge in [-0.1, -0.05) is 18.6 Å². The molecule has 3 fully saturated rings. The van der Waals surface area contributed by atoms with Gasteiger partial charge in [-0.25, -0.2) is 0 Å². The van der Waals surface area contributed by atoms with Crippen LogP contribution in [0.25, 0.3) is 0 Å². The molecule has 4 atom stereocenters. The van der Waals surface area contributed by atoms with Crippen molar-refractivity contribution < 1.29 is 38.1 Å². The molecule has 0 radical (unpaired) electrons. The number of rotatable bonds is 5. The van der Waals surface area contributed by atoms with Gasteiger partial charge in [0.1, 0.15) is 5.75 Å². The standard InChI is InChI=1S/C22H31F2N3O2.2CH2O2/c1-25(2)14-19-16-11-15(18-8-5-6-10-27(18)19)12-26(13-16)21(28)17-7-3-4-9-20(17)29-22(23)24;2*2-1-3/h3-4,7,9,15-16,18-19,22H,5-6,8,10-14H2,1-2H3;2*1H,(H,2,3)/t15-,16+,18+,19+;;/m1../s1. The largest absolute Gasteiger partial charge is 0.483 e. The third-order valence-corrected chi connectivity index (χ3v) is 6.79. The molecule has 0 saturated carbocycles. The zero-order chi connectivity index (χ0) is 26.0. The van der Waals surface area contributed by atoms with Crippen LogP contribution in [0, 0.1) is 11.8 Å². The Morgan fingerprint density at radius 1 is 1.14 bits per heavy atom. The molecular formula is C24H35F2N3O6. The second-order valence-corrected chi connectivity index (χ2v) is 9.18. The maximum atomic E-state index is 13.3. The molecule has 3 aliphatic rings. The number of ether oxygens (including phenoxy) is 1. The summed E-state index contributed by atoms with van der Waals surface area (Å²) in [5.41, 5.74) is 0.234. The predicted molar refractivity (Wildman–Crippen MR) is 125 cm³/mol. The monoisotopic (exact) mass is 499 g/mol. The van der Waals surface area contributed by atoms with Gasteiger partial charge in [-0.2, -0.15) is 8.78 Å². The van der Waals surface area contributed by atoms with Crippen LogP contribution in [0.2, 0.25) is 0 Å². The summed E-state index contributed by atoms with van der Waals surface area (Å²) in [5.74, 6) is 0.647. The molecule has 0 spiro atoms. The second-order valence-electron chi connectivity index (χ2n) is 9.18. The highest BCUT2D eigenvalue weighted by Crippen LogP contribution is 2.41. The minimum atomic E-state index is -2.94. The third-order valence-electron chi connectivity index (χ3n) is 6.79. The molecule has 35 heavy (non-hydrogen) atoms. The maximum absolute atomic E-state index is 13.3. The zero-order valence-corrected chi connectivity index (χ0v) is 20.1. The van der Waals surface area contributed by atoms with Crippen molar-refractivity contribution in [3.63, 3.8) is 0 Å². The quantitative estimate of drug-likeness (QED) is 0.595. The van der Waals surface area contributed by atoms with Crippen molar-refractivity contribution in [1.29, 1.82) is 0 Å². The van der Waals surface area contributed by atoms with Crippen molar-refractivity contribution in [3.05, 3.63) is 29.8 Å². The van der Waals surface area contributed by atoms with Crippen LogP contribution < -0.4 is 4.74 Å². The number of amides is 1. The summed E-state index contributed by atoms with van der Waals surface area (Å²) in [4.78, 5) is 36.9. The van der Waals surface area contributed by atoms with Gasteiger partial charge in [0, 0.05) is 31.7 Å². The Kier molecular flexibility index (Phi) is 11.3. The van der Waals surface area contributed by atoms with Crippen molar-refractivity contribution in [2.75, 3.05) is 40.3 Å². The average Bonchev–Trinajstić information content (AvgIpc) is 2.82. The molecule has 3 heterocycles. The van der Waals surface area contributed by atoms with E-state index in [1.165, 1.54) is 25.3 Å². The molecule has 1 amide bonds. The van der Waals surface area contributed by atoms with Gasteiger partial charge in [0.2, 0.25) is 0 Å². The predicted octanol–water partition coefficient (Wildman–Crippen LogP) is 2.57. The Morgan fingerprint density at radius 2 is 1.77 bits per heavy atom. The fourth-order valence-electron chi connectivity index (χ4n) is 5.71. The van der Waals surface area contributed by atoms with Gasteiger partial charge in [-0.05, 0) is 63.9 Å². The highest BCUT2D eigenvalue weighted by Gasteiger charge is 2.48. The normalized spacial score (nSPS) is 25.4. The minimum Gasteiger partial charge on any atom is -0.483 e. The number of hydrogen-bond acceptors (Lipinski definition) is 6. The Morgan fingerprint density at radius 3 is 2.40 bits per heavy atom. The second kappa shape index (κ2) is 13.9. The Bertz CT molecular complexity index is 822. The van der Waals surface area contributed by atoms with E-state index in [-0.39, 0.29) is 30.2 Å². The number of carbonyl (C=O) groups is 3. The van der Waals surface area contributed by atoms with Crippen molar-refractivity contribution >= 4 is 18.9 Å².